The van der Waals surface area contributed by atoms with E-state index < -0.39 is 17.6 Å². The summed E-state index contributed by atoms with van der Waals surface area (Å²) in [5.74, 6) is -1.29. The third-order valence-electron chi connectivity index (χ3n) is 6.87. The molecule has 5 rings (SSSR count). The van der Waals surface area contributed by atoms with Gasteiger partial charge < -0.3 is 23.9 Å². The minimum atomic E-state index is -1.08. The lowest BCUT2D eigenvalue weighted by atomic mass is 10.0. The molecule has 0 saturated heterocycles. The van der Waals surface area contributed by atoms with Gasteiger partial charge >= 0.3 is 5.97 Å². The van der Waals surface area contributed by atoms with Crippen molar-refractivity contribution < 1.29 is 32.9 Å². The molecule has 0 atom stereocenters. The Morgan fingerprint density at radius 3 is 2.58 bits per heavy atom. The van der Waals surface area contributed by atoms with E-state index in [9.17, 15) is 9.90 Å². The van der Waals surface area contributed by atoms with Gasteiger partial charge in [-0.2, -0.15) is 5.26 Å². The van der Waals surface area contributed by atoms with E-state index in [4.69, 9.17) is 19.5 Å². The molecular formula is C32H26F2N4O5. The van der Waals surface area contributed by atoms with Crippen LogP contribution >= 0.6 is 0 Å². The summed E-state index contributed by atoms with van der Waals surface area (Å²) in [6, 6.07) is 18.5. The van der Waals surface area contributed by atoms with Gasteiger partial charge in [-0.25, -0.2) is 23.5 Å². The Balaban J connectivity index is 1.40. The van der Waals surface area contributed by atoms with Crippen LogP contribution < -0.4 is 9.47 Å². The lowest BCUT2D eigenvalue weighted by Crippen LogP contribution is -2.10. The molecule has 2 aromatic heterocycles. The number of benzene rings is 3. The Hall–Kier alpha value is -5.34. The summed E-state index contributed by atoms with van der Waals surface area (Å²) >= 11 is 0. The van der Waals surface area contributed by atoms with Gasteiger partial charge in [0, 0.05) is 37.3 Å². The fraction of sp³-hybridized carbons (Fsp3) is 0.188. The van der Waals surface area contributed by atoms with Crippen LogP contribution in [0.3, 0.4) is 0 Å². The highest BCUT2D eigenvalue weighted by atomic mass is 19.1. The smallest absolute Gasteiger partial charge is 0.335 e. The number of imidazole rings is 1. The number of nitrogens with zero attached hydrogens (tertiary/aromatic N) is 4. The molecule has 0 aliphatic rings. The number of methoxy groups -OCH3 is 2. The zero-order valence-electron chi connectivity index (χ0n) is 23.3. The number of aromatic nitrogens is 3. The molecule has 2 heterocycles. The zero-order valence-corrected chi connectivity index (χ0v) is 23.3. The van der Waals surface area contributed by atoms with Crippen LogP contribution in [0.1, 0.15) is 32.9 Å². The van der Waals surface area contributed by atoms with E-state index >= 15 is 8.78 Å². The lowest BCUT2D eigenvalue weighted by molar-refractivity contribution is 0.0697. The molecule has 0 unspecified atom stereocenters. The molecule has 218 valence electrons. The standard InChI is InChI=1S/C32H26F2N4O5/c1-41-11-10-38-28-14-20(32(39)40)8-9-27(28)36-30(38)15-22-13-25(34)23(16-24(22)33)26-4-3-5-31(37-26)43-18-21-7-6-19(17-35)12-29(21)42-2/h3-9,12-14,16H,10-11,15,18H2,1-2H3,(H,39,40). The van der Waals surface area contributed by atoms with E-state index in [1.54, 1.807) is 47.0 Å². The third kappa shape index (κ3) is 6.29. The number of ether oxygens (including phenoxy) is 3. The van der Waals surface area contributed by atoms with Crippen LogP contribution in [0.5, 0.6) is 11.6 Å². The molecule has 43 heavy (non-hydrogen) atoms. The highest BCUT2D eigenvalue weighted by molar-refractivity contribution is 5.92. The first-order valence-corrected chi connectivity index (χ1v) is 13.2. The van der Waals surface area contributed by atoms with Crippen LogP contribution in [0.2, 0.25) is 0 Å². The Labute approximate surface area is 245 Å². The molecule has 5 aromatic rings. The predicted octanol–water partition coefficient (Wildman–Crippen LogP) is 5.77. The van der Waals surface area contributed by atoms with Crippen LogP contribution in [0.4, 0.5) is 8.78 Å². The number of carboxylic acids is 1. The molecule has 0 aliphatic carbocycles. The van der Waals surface area contributed by atoms with Crippen molar-refractivity contribution in [2.24, 2.45) is 0 Å². The fourth-order valence-electron chi connectivity index (χ4n) is 4.69. The second kappa shape index (κ2) is 12.7. The molecule has 0 spiro atoms. The van der Waals surface area contributed by atoms with Crippen molar-refractivity contribution in [3.8, 4) is 29.0 Å². The molecule has 1 N–H and O–H groups in total. The van der Waals surface area contributed by atoms with Crippen molar-refractivity contribution in [2.75, 3.05) is 20.8 Å². The Morgan fingerprint density at radius 2 is 1.84 bits per heavy atom. The topological polar surface area (TPSA) is 119 Å². The van der Waals surface area contributed by atoms with Crippen LogP contribution in [0.15, 0.2) is 66.7 Å². The molecule has 0 fully saturated rings. The molecule has 9 nitrogen and oxygen atoms in total. The normalized spacial score (nSPS) is 11.0. The Bertz CT molecular complexity index is 1870. The summed E-state index contributed by atoms with van der Waals surface area (Å²) in [5.41, 5.74) is 2.54. The van der Waals surface area contributed by atoms with Crippen molar-refractivity contribution in [1.82, 2.24) is 14.5 Å². The number of pyridine rings is 1. The maximum atomic E-state index is 15.4. The SMILES string of the molecule is COCCn1c(Cc2cc(F)c(-c3cccc(OCc4ccc(C#N)cc4OC)n3)cc2F)nc2ccc(C(=O)O)cc21. The zero-order chi connectivity index (χ0) is 30.5. The highest BCUT2D eigenvalue weighted by Gasteiger charge is 2.18. The number of nitriles is 1. The Kier molecular flexibility index (Phi) is 8.59. The molecule has 0 amide bonds. The molecule has 3 aromatic carbocycles. The van der Waals surface area contributed by atoms with Crippen molar-refractivity contribution in [1.29, 1.82) is 5.26 Å². The summed E-state index contributed by atoms with van der Waals surface area (Å²) in [4.78, 5) is 20.4. The number of halogens is 2. The monoisotopic (exact) mass is 584 g/mol. The highest BCUT2D eigenvalue weighted by Crippen LogP contribution is 2.29. The average Bonchev–Trinajstić information content (AvgIpc) is 3.36. The van der Waals surface area contributed by atoms with Crippen molar-refractivity contribution in [2.45, 2.75) is 19.6 Å². The number of aromatic carboxylic acids is 1. The number of fused-ring (bicyclic) bond motifs is 1. The summed E-state index contributed by atoms with van der Waals surface area (Å²) in [7, 11) is 3.03. The van der Waals surface area contributed by atoms with Gasteiger partial charge in [-0.3, -0.25) is 0 Å². The average molecular weight is 585 g/mol. The first-order chi connectivity index (χ1) is 20.8. The van der Waals surface area contributed by atoms with Crippen LogP contribution in [-0.4, -0.2) is 46.4 Å². The Morgan fingerprint density at radius 1 is 1.00 bits per heavy atom. The van der Waals surface area contributed by atoms with E-state index in [1.807, 2.05) is 6.07 Å². The number of carbonyl (C=O) groups is 1. The quantitative estimate of drug-likeness (QED) is 0.208. The van der Waals surface area contributed by atoms with Gasteiger partial charge in [0.05, 0.1) is 47.6 Å². The first kappa shape index (κ1) is 29.2. The van der Waals surface area contributed by atoms with E-state index in [0.717, 1.165) is 12.1 Å². The van der Waals surface area contributed by atoms with E-state index in [1.165, 1.54) is 26.4 Å². The van der Waals surface area contributed by atoms with Gasteiger partial charge in [-0.05, 0) is 54.1 Å². The maximum absolute atomic E-state index is 15.4. The van der Waals surface area contributed by atoms with Crippen LogP contribution in [0, 0.1) is 23.0 Å². The minimum Gasteiger partial charge on any atom is -0.496 e. The number of hydrogen-bond acceptors (Lipinski definition) is 7. The molecular weight excluding hydrogens is 558 g/mol. The van der Waals surface area contributed by atoms with E-state index in [2.05, 4.69) is 9.97 Å². The second-order valence-corrected chi connectivity index (χ2v) is 9.57. The van der Waals surface area contributed by atoms with E-state index in [-0.39, 0.29) is 41.3 Å². The number of hydrogen-bond donors (Lipinski definition) is 1. The maximum Gasteiger partial charge on any atom is 0.335 e. The minimum absolute atomic E-state index is 0.0349. The van der Waals surface area contributed by atoms with Gasteiger partial charge in [0.1, 0.15) is 29.8 Å². The van der Waals surface area contributed by atoms with Crippen LogP contribution in [0.25, 0.3) is 22.3 Å². The largest absolute Gasteiger partial charge is 0.496 e. The molecule has 0 bridgehead atoms. The van der Waals surface area contributed by atoms with Gasteiger partial charge in [0.25, 0.3) is 0 Å². The molecule has 0 radical (unpaired) electrons. The predicted molar refractivity (Wildman–Crippen MR) is 153 cm³/mol. The first-order valence-electron chi connectivity index (χ1n) is 13.2. The van der Waals surface area contributed by atoms with Gasteiger partial charge in [0.2, 0.25) is 5.88 Å². The van der Waals surface area contributed by atoms with E-state index in [0.29, 0.717) is 46.9 Å². The summed E-state index contributed by atoms with van der Waals surface area (Å²) in [6.45, 7) is 0.741. The summed E-state index contributed by atoms with van der Waals surface area (Å²) in [6.07, 6.45) is -0.0349. The second-order valence-electron chi connectivity index (χ2n) is 9.57. The van der Waals surface area contributed by atoms with Crippen molar-refractivity contribution in [3.63, 3.8) is 0 Å². The fourth-order valence-corrected chi connectivity index (χ4v) is 4.69. The number of carboxylic acid groups (broad SMARTS) is 1. The number of rotatable bonds is 11. The third-order valence-corrected chi connectivity index (χ3v) is 6.87. The summed E-state index contributed by atoms with van der Waals surface area (Å²) < 4.78 is 48.9. The van der Waals surface area contributed by atoms with Gasteiger partial charge in [-0.15, -0.1) is 0 Å². The van der Waals surface area contributed by atoms with Crippen molar-refractivity contribution >= 4 is 17.0 Å². The van der Waals surface area contributed by atoms with Gasteiger partial charge in [0.15, 0.2) is 0 Å². The van der Waals surface area contributed by atoms with Crippen LogP contribution in [-0.2, 0) is 24.3 Å². The molecule has 0 saturated carbocycles. The van der Waals surface area contributed by atoms with Gasteiger partial charge in [-0.1, -0.05) is 12.1 Å². The molecule has 0 aliphatic heterocycles. The summed E-state index contributed by atoms with van der Waals surface area (Å²) in [5, 5.41) is 18.5. The molecule has 11 heteroatoms. The van der Waals surface area contributed by atoms with Crippen molar-refractivity contribution in [3.05, 3.63) is 106 Å². The lowest BCUT2D eigenvalue weighted by Gasteiger charge is -2.12.